The van der Waals surface area contributed by atoms with Gasteiger partial charge < -0.3 is 14.2 Å². The zero-order valence-electron chi connectivity index (χ0n) is 17.9. The van der Waals surface area contributed by atoms with E-state index in [0.29, 0.717) is 24.3 Å². The van der Waals surface area contributed by atoms with Gasteiger partial charge in [-0.1, -0.05) is 49.9 Å². The van der Waals surface area contributed by atoms with Crippen LogP contribution in [0.15, 0.2) is 53.7 Å². The molecule has 0 unspecified atom stereocenters. The summed E-state index contributed by atoms with van der Waals surface area (Å²) in [6.07, 6.45) is 2.19. The van der Waals surface area contributed by atoms with Crippen LogP contribution in [0, 0.1) is 5.92 Å². The first-order chi connectivity index (χ1) is 14.5. The fourth-order valence-electron chi connectivity index (χ4n) is 3.65. The summed E-state index contributed by atoms with van der Waals surface area (Å²) in [5.41, 5.74) is 3.26. The normalized spacial score (nSPS) is 13.7. The Hall–Kier alpha value is -2.47. The number of nitrogens with zero attached hydrogens (tertiary/aromatic N) is 3. The summed E-state index contributed by atoms with van der Waals surface area (Å²) in [7, 11) is 1.67. The van der Waals surface area contributed by atoms with Crippen LogP contribution < -0.4 is 4.74 Å². The third-order valence-electron chi connectivity index (χ3n) is 5.31. The lowest BCUT2D eigenvalue weighted by atomic mass is 10.2. The van der Waals surface area contributed by atoms with Crippen LogP contribution in [-0.4, -0.2) is 39.3 Å². The van der Waals surface area contributed by atoms with Gasteiger partial charge in [0.2, 0.25) is 5.91 Å². The van der Waals surface area contributed by atoms with Crippen molar-refractivity contribution in [2.45, 2.75) is 51.0 Å². The molecule has 0 radical (unpaired) electrons. The van der Waals surface area contributed by atoms with Crippen LogP contribution in [0.1, 0.15) is 32.3 Å². The topological polar surface area (TPSA) is 47.4 Å². The van der Waals surface area contributed by atoms with E-state index in [9.17, 15) is 4.79 Å². The number of thioether (sulfide) groups is 1. The second-order valence-electron chi connectivity index (χ2n) is 8.28. The molecule has 0 atom stereocenters. The van der Waals surface area contributed by atoms with Gasteiger partial charge >= 0.3 is 0 Å². The Kier molecular flexibility index (Phi) is 6.32. The second-order valence-corrected chi connectivity index (χ2v) is 9.22. The molecule has 4 rings (SSSR count). The standard InChI is InChI=1S/C24H29N3O2S/c1-17(2)14-27-22-7-5-4-6-21(22)25-24(27)30-16-23(28)26(19-10-11-19)15-18-8-12-20(29-3)13-9-18/h4-9,12-13,17,19H,10-11,14-16H2,1-3H3. The fraction of sp³-hybridized carbons (Fsp3) is 0.417. The van der Waals surface area contributed by atoms with Crippen LogP contribution in [0.25, 0.3) is 11.0 Å². The van der Waals surface area contributed by atoms with Gasteiger partial charge in [-0.3, -0.25) is 4.79 Å². The monoisotopic (exact) mass is 423 g/mol. The third kappa shape index (κ3) is 4.81. The molecule has 5 nitrogen and oxygen atoms in total. The summed E-state index contributed by atoms with van der Waals surface area (Å²) in [4.78, 5) is 20.0. The van der Waals surface area contributed by atoms with E-state index in [1.54, 1.807) is 18.9 Å². The van der Waals surface area contributed by atoms with Gasteiger partial charge in [-0.15, -0.1) is 0 Å². The molecule has 0 aliphatic heterocycles. The number of carbonyl (C=O) groups is 1. The van der Waals surface area contributed by atoms with Gasteiger partial charge in [-0.25, -0.2) is 4.98 Å². The van der Waals surface area contributed by atoms with Crippen LogP contribution in [0.3, 0.4) is 0 Å². The van der Waals surface area contributed by atoms with Crippen LogP contribution in [0.2, 0.25) is 0 Å². The van der Waals surface area contributed by atoms with Crippen molar-refractivity contribution in [3.05, 3.63) is 54.1 Å². The highest BCUT2D eigenvalue weighted by molar-refractivity contribution is 7.99. The number of benzene rings is 2. The second kappa shape index (κ2) is 9.13. The number of methoxy groups -OCH3 is 1. The van der Waals surface area contributed by atoms with Gasteiger partial charge in [0.05, 0.1) is 23.9 Å². The van der Waals surface area contributed by atoms with Gasteiger partial charge in [0.25, 0.3) is 0 Å². The van der Waals surface area contributed by atoms with E-state index >= 15 is 0 Å². The van der Waals surface area contributed by atoms with Gasteiger partial charge in [-0.2, -0.15) is 0 Å². The Balaban J connectivity index is 1.47. The zero-order valence-corrected chi connectivity index (χ0v) is 18.7. The number of carbonyl (C=O) groups excluding carboxylic acids is 1. The van der Waals surface area contributed by atoms with Crippen molar-refractivity contribution >= 4 is 28.7 Å². The van der Waals surface area contributed by atoms with E-state index in [2.05, 4.69) is 24.5 Å². The number of ether oxygens (including phenoxy) is 1. The van der Waals surface area contributed by atoms with Gasteiger partial charge in [0.1, 0.15) is 5.75 Å². The van der Waals surface area contributed by atoms with Crippen molar-refractivity contribution in [1.82, 2.24) is 14.5 Å². The first-order valence-electron chi connectivity index (χ1n) is 10.6. The van der Waals surface area contributed by atoms with Crippen molar-refractivity contribution < 1.29 is 9.53 Å². The molecule has 1 aromatic heterocycles. The zero-order chi connectivity index (χ0) is 21.1. The minimum atomic E-state index is 0.182. The molecule has 1 aliphatic rings. The molecular weight excluding hydrogens is 394 g/mol. The summed E-state index contributed by atoms with van der Waals surface area (Å²) in [6, 6.07) is 16.6. The lowest BCUT2D eigenvalue weighted by Gasteiger charge is -2.22. The number of para-hydroxylation sites is 2. The average Bonchev–Trinajstić information content (AvgIpc) is 3.53. The molecule has 1 fully saturated rings. The van der Waals surface area contributed by atoms with Crippen molar-refractivity contribution in [1.29, 1.82) is 0 Å². The molecule has 1 saturated carbocycles. The molecule has 0 bridgehead atoms. The van der Waals surface area contributed by atoms with Crippen LogP contribution in [0.5, 0.6) is 5.75 Å². The number of hydrogen-bond donors (Lipinski definition) is 0. The Morgan fingerprint density at radius 3 is 2.60 bits per heavy atom. The van der Waals surface area contributed by atoms with E-state index in [4.69, 9.17) is 9.72 Å². The van der Waals surface area contributed by atoms with Crippen molar-refractivity contribution in [2.24, 2.45) is 5.92 Å². The number of rotatable bonds is 9. The molecule has 6 heteroatoms. The molecule has 0 spiro atoms. The average molecular weight is 424 g/mol. The first-order valence-corrected chi connectivity index (χ1v) is 11.5. The third-order valence-corrected chi connectivity index (χ3v) is 6.27. The van der Waals surface area contributed by atoms with Crippen LogP contribution in [0.4, 0.5) is 0 Å². The van der Waals surface area contributed by atoms with Crippen LogP contribution in [-0.2, 0) is 17.9 Å². The smallest absolute Gasteiger partial charge is 0.233 e. The number of aromatic nitrogens is 2. The Morgan fingerprint density at radius 1 is 1.20 bits per heavy atom. The van der Waals surface area contributed by atoms with E-state index in [-0.39, 0.29) is 5.91 Å². The number of fused-ring (bicyclic) bond motifs is 1. The summed E-state index contributed by atoms with van der Waals surface area (Å²) >= 11 is 1.55. The predicted octanol–water partition coefficient (Wildman–Crippen LogP) is 4.98. The summed E-state index contributed by atoms with van der Waals surface area (Å²) in [6.45, 7) is 5.96. The van der Waals surface area contributed by atoms with Crippen LogP contribution >= 0.6 is 11.8 Å². The highest BCUT2D eigenvalue weighted by atomic mass is 32.2. The lowest BCUT2D eigenvalue weighted by molar-refractivity contribution is -0.129. The first kappa shape index (κ1) is 20.8. The van der Waals surface area contributed by atoms with Crippen molar-refractivity contribution in [3.63, 3.8) is 0 Å². The molecule has 2 aromatic carbocycles. The molecule has 158 valence electrons. The number of imidazole rings is 1. The van der Waals surface area contributed by atoms with Crippen molar-refractivity contribution in [3.8, 4) is 5.75 Å². The minimum absolute atomic E-state index is 0.182. The minimum Gasteiger partial charge on any atom is -0.497 e. The maximum Gasteiger partial charge on any atom is 0.233 e. The molecule has 1 heterocycles. The molecule has 30 heavy (non-hydrogen) atoms. The highest BCUT2D eigenvalue weighted by Crippen LogP contribution is 2.31. The van der Waals surface area contributed by atoms with Gasteiger partial charge in [0.15, 0.2) is 5.16 Å². The Labute approximate surface area is 182 Å². The molecule has 1 amide bonds. The molecule has 0 N–H and O–H groups in total. The van der Waals surface area contributed by atoms with E-state index in [1.807, 2.05) is 47.4 Å². The van der Waals surface area contributed by atoms with E-state index in [1.165, 1.54) is 0 Å². The number of amides is 1. The molecular formula is C24H29N3O2S. The number of hydrogen-bond acceptors (Lipinski definition) is 4. The van der Waals surface area contributed by atoms with E-state index < -0.39 is 0 Å². The van der Waals surface area contributed by atoms with Gasteiger partial charge in [-0.05, 0) is 48.6 Å². The van der Waals surface area contributed by atoms with E-state index in [0.717, 1.165) is 46.9 Å². The Bertz CT molecular complexity index is 1010. The summed E-state index contributed by atoms with van der Waals surface area (Å²) < 4.78 is 7.49. The molecule has 3 aromatic rings. The SMILES string of the molecule is COc1ccc(CN(C(=O)CSc2nc3ccccc3n2CC(C)C)C2CC2)cc1. The summed E-state index contributed by atoms with van der Waals surface area (Å²) in [5, 5.41) is 0.929. The molecule has 1 aliphatic carbocycles. The highest BCUT2D eigenvalue weighted by Gasteiger charge is 2.32. The van der Waals surface area contributed by atoms with Crippen molar-refractivity contribution in [2.75, 3.05) is 12.9 Å². The predicted molar refractivity (Wildman–Crippen MR) is 122 cm³/mol. The lowest BCUT2D eigenvalue weighted by Crippen LogP contribution is -2.34. The quantitative estimate of drug-likeness (QED) is 0.455. The Morgan fingerprint density at radius 2 is 1.93 bits per heavy atom. The molecule has 0 saturated heterocycles. The largest absolute Gasteiger partial charge is 0.497 e. The fourth-order valence-corrected chi connectivity index (χ4v) is 4.56. The maximum atomic E-state index is 13.1. The summed E-state index contributed by atoms with van der Waals surface area (Å²) in [5.74, 6) is 1.94. The van der Waals surface area contributed by atoms with Gasteiger partial charge in [0, 0.05) is 19.1 Å². The maximum absolute atomic E-state index is 13.1.